The van der Waals surface area contributed by atoms with Gasteiger partial charge in [-0.3, -0.25) is 14.8 Å². The Balaban J connectivity index is 1.61. The van der Waals surface area contributed by atoms with Gasteiger partial charge >= 0.3 is 0 Å². The van der Waals surface area contributed by atoms with E-state index < -0.39 is 23.4 Å². The summed E-state index contributed by atoms with van der Waals surface area (Å²) < 4.78 is 0. The number of aliphatic hydroxyl groups is 1. The summed E-state index contributed by atoms with van der Waals surface area (Å²) in [6.07, 6.45) is 3.00. The topological polar surface area (TPSA) is 125 Å². The van der Waals surface area contributed by atoms with Crippen molar-refractivity contribution in [3.63, 3.8) is 0 Å². The van der Waals surface area contributed by atoms with Gasteiger partial charge in [0.05, 0.1) is 0 Å². The molecule has 7 nitrogen and oxygen atoms in total. The van der Waals surface area contributed by atoms with Crippen LogP contribution in [0.15, 0.2) is 24.3 Å². The van der Waals surface area contributed by atoms with E-state index >= 15 is 0 Å². The van der Waals surface area contributed by atoms with Crippen LogP contribution in [0.2, 0.25) is 0 Å². The summed E-state index contributed by atoms with van der Waals surface area (Å²) in [5, 5.41) is 20.5. The van der Waals surface area contributed by atoms with Gasteiger partial charge in [-0.2, -0.15) is 0 Å². The van der Waals surface area contributed by atoms with E-state index in [0.717, 1.165) is 12.8 Å². The molecule has 0 bridgehead atoms. The summed E-state index contributed by atoms with van der Waals surface area (Å²) in [4.78, 5) is 24.4. The highest BCUT2D eigenvalue weighted by Crippen LogP contribution is 2.36. The van der Waals surface area contributed by atoms with Crippen molar-refractivity contribution in [1.29, 1.82) is 0 Å². The minimum atomic E-state index is -1.00. The number of nitrogens with two attached hydrogens (primary N) is 1. The molecule has 7 heteroatoms. The molecule has 3 rings (SSSR count). The molecule has 146 valence electrons. The molecule has 2 aliphatic carbocycles. The van der Waals surface area contributed by atoms with Gasteiger partial charge in [-0.25, -0.2) is 5.48 Å². The van der Waals surface area contributed by atoms with Crippen LogP contribution in [0.4, 0.5) is 0 Å². The first-order valence-electron chi connectivity index (χ1n) is 9.23. The summed E-state index contributed by atoms with van der Waals surface area (Å²) in [5.74, 6) is 10.8. The molecule has 0 unspecified atom stereocenters. The Morgan fingerprint density at radius 2 is 1.96 bits per heavy atom. The maximum atomic E-state index is 12.5. The molecule has 2 fully saturated rings. The van der Waals surface area contributed by atoms with Crippen LogP contribution in [0.1, 0.15) is 41.6 Å². The highest BCUT2D eigenvalue weighted by molar-refractivity contribution is 5.98. The Labute approximate surface area is 163 Å². The van der Waals surface area contributed by atoms with Gasteiger partial charge < -0.3 is 16.2 Å². The second kappa shape index (κ2) is 8.45. The summed E-state index contributed by atoms with van der Waals surface area (Å²) in [7, 11) is 0. The van der Waals surface area contributed by atoms with Crippen LogP contribution in [-0.4, -0.2) is 40.3 Å². The van der Waals surface area contributed by atoms with Gasteiger partial charge in [0.2, 0.25) is 0 Å². The second-order valence-corrected chi connectivity index (χ2v) is 7.35. The molecule has 1 aromatic rings. The van der Waals surface area contributed by atoms with E-state index in [2.05, 4.69) is 29.0 Å². The molecule has 0 saturated heterocycles. The van der Waals surface area contributed by atoms with Crippen molar-refractivity contribution in [2.45, 2.75) is 37.3 Å². The smallest absolute Gasteiger partial charge is 0.267 e. The van der Waals surface area contributed by atoms with E-state index in [4.69, 9.17) is 16.0 Å². The Hall–Kier alpha value is -2.84. The number of nitrogens with one attached hydrogen (secondary N) is 2. The average molecular weight is 381 g/mol. The fourth-order valence-corrected chi connectivity index (χ4v) is 3.19. The van der Waals surface area contributed by atoms with Crippen LogP contribution in [0.25, 0.3) is 0 Å². The van der Waals surface area contributed by atoms with Gasteiger partial charge in [0, 0.05) is 29.2 Å². The van der Waals surface area contributed by atoms with Crippen molar-refractivity contribution in [3.8, 4) is 23.7 Å². The van der Waals surface area contributed by atoms with Crippen molar-refractivity contribution in [2.24, 2.45) is 17.6 Å². The number of benzene rings is 1. The highest BCUT2D eigenvalue weighted by Gasteiger charge is 2.45. The molecule has 2 aliphatic rings. The minimum Gasteiger partial charge on any atom is -0.396 e. The number of rotatable bonds is 5. The number of hydrogen-bond acceptors (Lipinski definition) is 5. The zero-order chi connectivity index (χ0) is 20.1. The molecule has 0 heterocycles. The molecule has 0 radical (unpaired) electrons. The summed E-state index contributed by atoms with van der Waals surface area (Å²) in [6, 6.07) is 5.60. The van der Waals surface area contributed by atoms with Gasteiger partial charge in [-0.1, -0.05) is 11.8 Å². The highest BCUT2D eigenvalue weighted by atomic mass is 16.5. The number of hydroxylamine groups is 1. The summed E-state index contributed by atoms with van der Waals surface area (Å²) in [5.41, 5.74) is 7.95. The molecule has 6 N–H and O–H groups in total. The molecule has 3 atom stereocenters. The van der Waals surface area contributed by atoms with E-state index in [0.29, 0.717) is 24.0 Å². The van der Waals surface area contributed by atoms with E-state index in [1.54, 1.807) is 29.7 Å². The molecular formula is C21H23N3O4. The van der Waals surface area contributed by atoms with E-state index in [1.165, 1.54) is 0 Å². The van der Waals surface area contributed by atoms with Crippen molar-refractivity contribution in [3.05, 3.63) is 35.4 Å². The Morgan fingerprint density at radius 1 is 1.25 bits per heavy atom. The molecule has 0 aromatic heterocycles. The van der Waals surface area contributed by atoms with Crippen molar-refractivity contribution >= 4 is 11.8 Å². The van der Waals surface area contributed by atoms with E-state index in [-0.39, 0.29) is 18.4 Å². The van der Waals surface area contributed by atoms with Crippen LogP contribution < -0.4 is 16.5 Å². The van der Waals surface area contributed by atoms with Crippen molar-refractivity contribution in [2.75, 3.05) is 6.61 Å². The fraction of sp³-hybridized carbons (Fsp3) is 0.429. The maximum absolute atomic E-state index is 12.5. The lowest BCUT2D eigenvalue weighted by atomic mass is 9.72. The van der Waals surface area contributed by atoms with Crippen LogP contribution in [0, 0.1) is 35.5 Å². The molecule has 0 aliphatic heterocycles. The molecule has 2 saturated carbocycles. The first kappa shape index (κ1) is 19.9. The first-order chi connectivity index (χ1) is 13.5. The second-order valence-electron chi connectivity index (χ2n) is 7.35. The van der Waals surface area contributed by atoms with Crippen LogP contribution in [-0.2, 0) is 4.79 Å². The van der Waals surface area contributed by atoms with Gasteiger partial charge in [0.1, 0.15) is 6.04 Å². The molecule has 0 spiro atoms. The number of hydrogen-bond donors (Lipinski definition) is 5. The lowest BCUT2D eigenvalue weighted by Crippen LogP contribution is -2.67. The number of aliphatic hydroxyl groups excluding tert-OH is 1. The van der Waals surface area contributed by atoms with Gasteiger partial charge in [0.15, 0.2) is 0 Å². The van der Waals surface area contributed by atoms with Gasteiger partial charge in [-0.05, 0) is 67.7 Å². The van der Waals surface area contributed by atoms with Gasteiger partial charge in [0.25, 0.3) is 11.8 Å². The van der Waals surface area contributed by atoms with Crippen LogP contribution in [0.5, 0.6) is 0 Å². The average Bonchev–Trinajstić information content (AvgIpc) is 3.46. The Morgan fingerprint density at radius 3 is 2.50 bits per heavy atom. The predicted molar refractivity (Wildman–Crippen MR) is 102 cm³/mol. The predicted octanol–water partition coefficient (Wildman–Crippen LogP) is 0.155. The van der Waals surface area contributed by atoms with Crippen LogP contribution in [0.3, 0.4) is 0 Å². The first-order valence-corrected chi connectivity index (χ1v) is 9.23. The van der Waals surface area contributed by atoms with E-state index in [9.17, 15) is 9.59 Å². The molecule has 2 amide bonds. The monoisotopic (exact) mass is 381 g/mol. The standard InChI is InChI=1S/C21H23N3O4/c22-21(10-3-11-21)18(20(27)24-28)23-19(26)15-8-6-14(7-9-15)4-1-2-5-16-12-17(16)13-25/h6-9,16-18,25,28H,3,10-13,22H2,(H,23,26)(H,24,27)/t16-,17-,18-/m1/s1. The quantitative estimate of drug-likeness (QED) is 0.282. The fourth-order valence-electron chi connectivity index (χ4n) is 3.19. The largest absolute Gasteiger partial charge is 0.396 e. The Kier molecular flexibility index (Phi) is 6.01. The zero-order valence-electron chi connectivity index (χ0n) is 15.4. The third kappa shape index (κ3) is 4.52. The number of amides is 2. The third-order valence-electron chi connectivity index (χ3n) is 5.34. The Bertz CT molecular complexity index is 869. The molecular weight excluding hydrogens is 358 g/mol. The SMILES string of the molecule is NC1([C@H](NC(=O)c2ccc(C#CC#C[C@@H]3C[C@@H]3CO)cc2)C(=O)NO)CCC1. The number of carbonyl (C=O) groups excluding carboxylic acids is 2. The van der Waals surface area contributed by atoms with Gasteiger partial charge in [-0.15, -0.1) is 0 Å². The van der Waals surface area contributed by atoms with E-state index in [1.807, 2.05) is 0 Å². The van der Waals surface area contributed by atoms with Crippen molar-refractivity contribution in [1.82, 2.24) is 10.8 Å². The third-order valence-corrected chi connectivity index (χ3v) is 5.34. The van der Waals surface area contributed by atoms with Crippen molar-refractivity contribution < 1.29 is 19.9 Å². The maximum Gasteiger partial charge on any atom is 0.267 e. The zero-order valence-corrected chi connectivity index (χ0v) is 15.4. The number of carbonyl (C=O) groups is 2. The lowest BCUT2D eigenvalue weighted by molar-refractivity contribution is -0.134. The summed E-state index contributed by atoms with van der Waals surface area (Å²) in [6.45, 7) is 0.169. The molecule has 28 heavy (non-hydrogen) atoms. The van der Waals surface area contributed by atoms with Crippen LogP contribution >= 0.6 is 0 Å². The minimum absolute atomic E-state index is 0.169. The lowest BCUT2D eigenvalue weighted by Gasteiger charge is -2.43. The summed E-state index contributed by atoms with van der Waals surface area (Å²) >= 11 is 0. The molecule has 1 aromatic carbocycles. The normalized spacial score (nSPS) is 22.2.